The van der Waals surface area contributed by atoms with Crippen molar-refractivity contribution in [1.82, 2.24) is 0 Å². The van der Waals surface area contributed by atoms with Crippen molar-refractivity contribution in [3.05, 3.63) is 117 Å². The van der Waals surface area contributed by atoms with E-state index in [1.54, 1.807) is 24.3 Å². The van der Waals surface area contributed by atoms with Gasteiger partial charge in [0.2, 0.25) is 0 Å². The van der Waals surface area contributed by atoms with E-state index in [1.165, 1.54) is 0 Å². The number of carboxylic acid groups (broad SMARTS) is 2. The van der Waals surface area contributed by atoms with E-state index in [-0.39, 0.29) is 10.8 Å². The first-order valence-corrected chi connectivity index (χ1v) is 13.5. The van der Waals surface area contributed by atoms with Gasteiger partial charge in [0.25, 0.3) is 0 Å². The van der Waals surface area contributed by atoms with E-state index in [0.29, 0.717) is 23.0 Å². The number of rotatable bonds is 4. The third kappa shape index (κ3) is 8.19. The number of carbonyl (C=O) groups is 1. The topological polar surface area (TPSA) is 144 Å². The molecule has 4 N–H and O–H groups in total. The van der Waals surface area contributed by atoms with Crippen molar-refractivity contribution >= 4 is 6.16 Å². The lowest BCUT2D eigenvalue weighted by Crippen LogP contribution is -2.37. The molecule has 0 bridgehead atoms. The Kier molecular flexibility index (Phi) is 10.7. The summed E-state index contributed by atoms with van der Waals surface area (Å²) in [6.45, 7) is 16.2. The molecule has 0 atom stereocenters. The molecule has 0 spiro atoms. The monoisotopic (exact) mass is 572 g/mol. The van der Waals surface area contributed by atoms with Gasteiger partial charge in [-0.05, 0) is 103 Å². The lowest BCUT2D eigenvalue weighted by Gasteiger charge is -2.27. The molecule has 0 fully saturated rings. The predicted molar refractivity (Wildman–Crippen MR) is 161 cm³/mol. The summed E-state index contributed by atoms with van der Waals surface area (Å²) in [4.78, 5) is 8.33. The van der Waals surface area contributed by atoms with Gasteiger partial charge in [0.05, 0.1) is 0 Å². The second kappa shape index (κ2) is 13.3. The zero-order chi connectivity index (χ0) is 32.0. The SMILES string of the molecule is Cc1cc(C(C)(C)c2ccc(O)c(C)c2)ccc1O.Cc1cc(C(C)(C)c2ccc(O)c(C)c2)ccc1O.O=C([O-])[O-]. The third-order valence-electron chi connectivity index (χ3n) is 7.67. The highest BCUT2D eigenvalue weighted by Gasteiger charge is 2.25. The van der Waals surface area contributed by atoms with Crippen molar-refractivity contribution < 1.29 is 35.4 Å². The molecule has 7 nitrogen and oxygen atoms in total. The average molecular weight is 573 g/mol. The minimum atomic E-state index is -2.33. The van der Waals surface area contributed by atoms with E-state index in [9.17, 15) is 20.4 Å². The van der Waals surface area contributed by atoms with E-state index >= 15 is 0 Å². The summed E-state index contributed by atoms with van der Waals surface area (Å²) >= 11 is 0. The fourth-order valence-electron chi connectivity index (χ4n) is 4.51. The molecule has 0 unspecified atom stereocenters. The van der Waals surface area contributed by atoms with E-state index in [4.69, 9.17) is 15.0 Å². The molecule has 0 amide bonds. The summed E-state index contributed by atoms with van der Waals surface area (Å²) in [5, 5.41) is 55.2. The van der Waals surface area contributed by atoms with Crippen molar-refractivity contribution in [1.29, 1.82) is 0 Å². The molecule has 0 radical (unpaired) electrons. The van der Waals surface area contributed by atoms with Gasteiger partial charge >= 0.3 is 0 Å². The number of phenolic OH excluding ortho intramolecular Hbond substituents is 4. The van der Waals surface area contributed by atoms with Gasteiger partial charge < -0.3 is 35.4 Å². The molecule has 0 heterocycles. The standard InChI is InChI=1S/2C17H20O2.CH2O3/c2*1-11-9-13(5-7-15(11)18)17(3,4)14-6-8-16(19)12(2)10-14;2-1(3)4/h2*5-10,18-19H,1-4H3;(H2,2,3,4)/p-2. The Balaban J connectivity index is 0.000000261. The highest BCUT2D eigenvalue weighted by atomic mass is 16.6. The zero-order valence-corrected chi connectivity index (χ0v) is 25.4. The van der Waals surface area contributed by atoms with Crippen LogP contribution < -0.4 is 10.2 Å². The van der Waals surface area contributed by atoms with Crippen LogP contribution in [-0.2, 0) is 10.8 Å². The molecule has 0 saturated carbocycles. The highest BCUT2D eigenvalue weighted by Crippen LogP contribution is 2.36. The van der Waals surface area contributed by atoms with E-state index in [2.05, 4.69) is 27.7 Å². The molecule has 4 aromatic rings. The van der Waals surface area contributed by atoms with Crippen LogP contribution >= 0.6 is 0 Å². The Morgan fingerprint density at radius 3 is 0.786 bits per heavy atom. The average Bonchev–Trinajstić information content (AvgIpc) is 2.90. The summed E-state index contributed by atoms with van der Waals surface area (Å²) in [6.07, 6.45) is -2.33. The second-order valence-corrected chi connectivity index (χ2v) is 11.5. The largest absolute Gasteiger partial charge is 0.652 e. The van der Waals surface area contributed by atoms with E-state index < -0.39 is 6.16 Å². The fraction of sp³-hybridized carbons (Fsp3) is 0.286. The first kappa shape index (κ1) is 33.6. The van der Waals surface area contributed by atoms with Crippen molar-refractivity contribution in [3.63, 3.8) is 0 Å². The van der Waals surface area contributed by atoms with Crippen LogP contribution in [0, 0.1) is 27.7 Å². The molecule has 0 aliphatic rings. The number of aryl methyl sites for hydroxylation is 4. The predicted octanol–water partition coefficient (Wildman–Crippen LogP) is 5.63. The van der Waals surface area contributed by atoms with Crippen LogP contribution in [0.3, 0.4) is 0 Å². The number of aromatic hydroxyl groups is 4. The Labute approximate surface area is 248 Å². The van der Waals surface area contributed by atoms with Crippen LogP contribution in [0.1, 0.15) is 72.2 Å². The minimum Gasteiger partial charge on any atom is -0.652 e. The number of phenols is 4. The second-order valence-electron chi connectivity index (χ2n) is 11.5. The molecule has 4 rings (SSSR count). The molecule has 42 heavy (non-hydrogen) atoms. The minimum absolute atomic E-state index is 0.170. The molecule has 224 valence electrons. The van der Waals surface area contributed by atoms with Crippen LogP contribution in [0.25, 0.3) is 0 Å². The highest BCUT2D eigenvalue weighted by molar-refractivity contribution is 5.48. The van der Waals surface area contributed by atoms with Crippen molar-refractivity contribution in [3.8, 4) is 23.0 Å². The number of benzene rings is 4. The lowest BCUT2D eigenvalue weighted by atomic mass is 9.77. The summed E-state index contributed by atoms with van der Waals surface area (Å²) in [7, 11) is 0. The van der Waals surface area contributed by atoms with E-state index in [0.717, 1.165) is 44.5 Å². The van der Waals surface area contributed by atoms with Gasteiger partial charge in [0, 0.05) is 10.8 Å². The molecule has 0 aliphatic carbocycles. The normalized spacial score (nSPS) is 11.0. The molecule has 0 saturated heterocycles. The lowest BCUT2D eigenvalue weighted by molar-refractivity contribution is -0.415. The fourth-order valence-corrected chi connectivity index (χ4v) is 4.51. The van der Waals surface area contributed by atoms with Gasteiger partial charge in [-0.25, -0.2) is 0 Å². The van der Waals surface area contributed by atoms with Crippen molar-refractivity contribution in [2.75, 3.05) is 0 Å². The maximum absolute atomic E-state index is 9.63. The van der Waals surface area contributed by atoms with Gasteiger partial charge in [-0.1, -0.05) is 76.2 Å². The van der Waals surface area contributed by atoms with Crippen LogP contribution in [0.4, 0.5) is 4.79 Å². The Bertz CT molecular complexity index is 1330. The Hall–Kier alpha value is -4.65. The number of hydrogen-bond acceptors (Lipinski definition) is 7. The summed E-state index contributed by atoms with van der Waals surface area (Å²) < 4.78 is 0. The number of carbonyl (C=O) groups excluding carboxylic acids is 1. The van der Waals surface area contributed by atoms with E-state index in [1.807, 2.05) is 76.2 Å². The van der Waals surface area contributed by atoms with Gasteiger partial charge in [-0.15, -0.1) is 0 Å². The number of hydrogen-bond donors (Lipinski definition) is 4. The van der Waals surface area contributed by atoms with Crippen molar-refractivity contribution in [2.24, 2.45) is 0 Å². The van der Waals surface area contributed by atoms with Crippen LogP contribution in [0.15, 0.2) is 72.8 Å². The van der Waals surface area contributed by atoms with Gasteiger partial charge in [0.1, 0.15) is 23.0 Å². The summed E-state index contributed by atoms with van der Waals surface area (Å²) in [5.41, 5.74) is 7.75. The summed E-state index contributed by atoms with van der Waals surface area (Å²) in [6, 6.07) is 22.8. The Morgan fingerprint density at radius 2 is 0.643 bits per heavy atom. The molecule has 7 heteroatoms. The maximum Gasteiger partial charge on any atom is 0.118 e. The maximum atomic E-state index is 9.63. The molecule has 0 aliphatic heterocycles. The van der Waals surface area contributed by atoms with Gasteiger partial charge in [-0.2, -0.15) is 0 Å². The quantitative estimate of drug-likeness (QED) is 0.248. The third-order valence-corrected chi connectivity index (χ3v) is 7.67. The first-order valence-electron chi connectivity index (χ1n) is 13.5. The van der Waals surface area contributed by atoms with Gasteiger partial charge in [0.15, 0.2) is 0 Å². The van der Waals surface area contributed by atoms with Crippen LogP contribution in [-0.4, -0.2) is 26.6 Å². The summed E-state index contributed by atoms with van der Waals surface area (Å²) in [5.74, 6) is 1.28. The molecular weight excluding hydrogens is 532 g/mol. The first-order chi connectivity index (χ1) is 19.4. The zero-order valence-electron chi connectivity index (χ0n) is 25.4. The Morgan fingerprint density at radius 1 is 0.476 bits per heavy atom. The van der Waals surface area contributed by atoms with Gasteiger partial charge in [-0.3, -0.25) is 0 Å². The van der Waals surface area contributed by atoms with Crippen LogP contribution in [0.2, 0.25) is 0 Å². The smallest absolute Gasteiger partial charge is 0.118 e. The molecule has 0 aromatic heterocycles. The van der Waals surface area contributed by atoms with Crippen molar-refractivity contribution in [2.45, 2.75) is 66.2 Å². The van der Waals surface area contributed by atoms with Crippen LogP contribution in [0.5, 0.6) is 23.0 Å². The molecule has 4 aromatic carbocycles. The molecular formula is C35H40O7-2.